The maximum Gasteiger partial charge on any atom is 0.494 e. The lowest BCUT2D eigenvalue weighted by molar-refractivity contribution is 0.00578. The highest BCUT2D eigenvalue weighted by atomic mass is 16.7. The van der Waals surface area contributed by atoms with Crippen molar-refractivity contribution in [3.8, 4) is 17.3 Å². The highest BCUT2D eigenvalue weighted by Gasteiger charge is 2.51. The molecular formula is C23H26BN3O2. The van der Waals surface area contributed by atoms with E-state index >= 15 is 0 Å². The lowest BCUT2D eigenvalue weighted by Crippen LogP contribution is -2.41. The second-order valence-electron chi connectivity index (χ2n) is 8.91. The molecule has 29 heavy (non-hydrogen) atoms. The number of hydrogen-bond donors (Lipinski definition) is 0. The molecule has 0 spiro atoms. The molecule has 0 bridgehead atoms. The quantitative estimate of drug-likeness (QED) is 0.623. The minimum atomic E-state index is -0.439. The third-order valence-corrected chi connectivity index (χ3v) is 6.05. The molecule has 6 heteroatoms. The molecule has 0 atom stereocenters. The van der Waals surface area contributed by atoms with Gasteiger partial charge in [-0.3, -0.25) is 4.68 Å². The number of benzene rings is 2. The van der Waals surface area contributed by atoms with E-state index in [4.69, 9.17) is 14.4 Å². The molecule has 148 valence electrons. The van der Waals surface area contributed by atoms with Crippen molar-refractivity contribution in [2.24, 2.45) is 0 Å². The second-order valence-corrected chi connectivity index (χ2v) is 8.91. The van der Waals surface area contributed by atoms with E-state index in [9.17, 15) is 5.26 Å². The van der Waals surface area contributed by atoms with Crippen LogP contribution in [0, 0.1) is 11.3 Å². The van der Waals surface area contributed by atoms with E-state index in [1.54, 1.807) is 0 Å². The van der Waals surface area contributed by atoms with Crippen LogP contribution >= 0.6 is 0 Å². The summed E-state index contributed by atoms with van der Waals surface area (Å²) >= 11 is 0. The van der Waals surface area contributed by atoms with Gasteiger partial charge in [-0.15, -0.1) is 0 Å². The zero-order chi connectivity index (χ0) is 21.0. The third-order valence-electron chi connectivity index (χ3n) is 6.05. The number of nitrogens with zero attached hydrogens (tertiary/aromatic N) is 3. The lowest BCUT2D eigenvalue weighted by Gasteiger charge is -2.32. The highest BCUT2D eigenvalue weighted by molar-refractivity contribution is 6.62. The van der Waals surface area contributed by atoms with Crippen molar-refractivity contribution in [1.29, 1.82) is 5.26 Å². The van der Waals surface area contributed by atoms with Gasteiger partial charge in [-0.2, -0.15) is 10.4 Å². The summed E-state index contributed by atoms with van der Waals surface area (Å²) in [5.41, 5.74) is 3.45. The van der Waals surface area contributed by atoms with Crippen molar-refractivity contribution in [2.75, 3.05) is 0 Å². The van der Waals surface area contributed by atoms with Gasteiger partial charge in [0.1, 0.15) is 5.69 Å². The van der Waals surface area contributed by atoms with Gasteiger partial charge in [0.25, 0.3) is 0 Å². The Kier molecular flexibility index (Phi) is 4.56. The second kappa shape index (κ2) is 6.72. The Morgan fingerprint density at radius 1 is 1.03 bits per heavy atom. The van der Waals surface area contributed by atoms with Crippen LogP contribution in [-0.2, 0) is 9.31 Å². The van der Waals surface area contributed by atoms with Gasteiger partial charge in [0.05, 0.1) is 28.4 Å². The van der Waals surface area contributed by atoms with Gasteiger partial charge in [0.2, 0.25) is 0 Å². The van der Waals surface area contributed by atoms with Gasteiger partial charge in [-0.05, 0) is 59.1 Å². The average molecular weight is 387 g/mol. The molecule has 2 heterocycles. The number of fused-ring (bicyclic) bond motifs is 1. The summed E-state index contributed by atoms with van der Waals surface area (Å²) in [5, 5.41) is 15.5. The summed E-state index contributed by atoms with van der Waals surface area (Å²) in [4.78, 5) is 0. The van der Waals surface area contributed by atoms with Crippen molar-refractivity contribution in [2.45, 2.75) is 58.8 Å². The fourth-order valence-corrected chi connectivity index (χ4v) is 3.66. The standard InChI is InChI=1S/C23H26BN3O2/c1-15(2)27-20-12-11-17(24-28-22(3,4)23(5,6)29-24)13-19(20)21(26-27)18-10-8-7-9-16(18)14-25/h7-13,15H,1-6H3. The Balaban J connectivity index is 1.90. The van der Waals surface area contributed by atoms with Gasteiger partial charge in [-0.1, -0.05) is 30.3 Å². The monoisotopic (exact) mass is 387 g/mol. The number of nitriles is 1. The van der Waals surface area contributed by atoms with Crippen molar-refractivity contribution >= 4 is 23.5 Å². The topological polar surface area (TPSA) is 60.1 Å². The first kappa shape index (κ1) is 19.7. The van der Waals surface area contributed by atoms with E-state index in [1.807, 2.05) is 35.0 Å². The van der Waals surface area contributed by atoms with Crippen LogP contribution in [0.15, 0.2) is 42.5 Å². The third kappa shape index (κ3) is 3.15. The molecule has 3 aromatic rings. The predicted molar refractivity (Wildman–Crippen MR) is 116 cm³/mol. The predicted octanol–water partition coefficient (Wildman–Crippen LogP) is 4.46. The van der Waals surface area contributed by atoms with Crippen molar-refractivity contribution in [3.63, 3.8) is 0 Å². The molecule has 0 saturated carbocycles. The van der Waals surface area contributed by atoms with Crippen LogP contribution < -0.4 is 5.46 Å². The Bertz CT molecular complexity index is 1110. The largest absolute Gasteiger partial charge is 0.494 e. The molecule has 1 fully saturated rings. The summed E-state index contributed by atoms with van der Waals surface area (Å²) in [7, 11) is -0.439. The Morgan fingerprint density at radius 3 is 2.31 bits per heavy atom. The van der Waals surface area contributed by atoms with E-state index in [2.05, 4.69) is 59.7 Å². The average Bonchev–Trinajstić information content (AvgIpc) is 3.15. The van der Waals surface area contributed by atoms with Gasteiger partial charge < -0.3 is 9.31 Å². The van der Waals surface area contributed by atoms with E-state index in [0.717, 1.165) is 27.6 Å². The van der Waals surface area contributed by atoms with Crippen LogP contribution in [0.1, 0.15) is 53.1 Å². The molecular weight excluding hydrogens is 361 g/mol. The van der Waals surface area contributed by atoms with Crippen LogP contribution in [-0.4, -0.2) is 28.1 Å². The van der Waals surface area contributed by atoms with Crippen molar-refractivity contribution in [1.82, 2.24) is 9.78 Å². The molecule has 1 saturated heterocycles. The van der Waals surface area contributed by atoms with Crippen LogP contribution in [0.3, 0.4) is 0 Å². The van der Waals surface area contributed by atoms with Crippen LogP contribution in [0.25, 0.3) is 22.2 Å². The molecule has 4 rings (SSSR count). The van der Waals surface area contributed by atoms with E-state index < -0.39 is 18.3 Å². The zero-order valence-corrected chi connectivity index (χ0v) is 17.9. The highest BCUT2D eigenvalue weighted by Crippen LogP contribution is 2.37. The maximum atomic E-state index is 9.59. The SMILES string of the molecule is CC(C)n1nc(-c2ccccc2C#N)c2cc(B3OC(C)(C)C(C)(C)O3)ccc21. The molecule has 1 aliphatic rings. The molecule has 5 nitrogen and oxygen atoms in total. The number of hydrogen-bond acceptors (Lipinski definition) is 4. The van der Waals surface area contributed by atoms with Gasteiger partial charge in [-0.25, -0.2) is 0 Å². The Hall–Kier alpha value is -2.62. The summed E-state index contributed by atoms with van der Waals surface area (Å²) in [6, 6.07) is 16.3. The first-order chi connectivity index (χ1) is 13.6. The Morgan fingerprint density at radius 2 is 1.69 bits per heavy atom. The minimum Gasteiger partial charge on any atom is -0.399 e. The molecule has 1 aromatic heterocycles. The molecule has 2 aromatic carbocycles. The molecule has 0 N–H and O–H groups in total. The summed E-state index contributed by atoms with van der Waals surface area (Å²) < 4.78 is 14.5. The number of rotatable bonds is 3. The normalized spacial score (nSPS) is 17.8. The smallest absolute Gasteiger partial charge is 0.399 e. The molecule has 0 unspecified atom stereocenters. The fourth-order valence-electron chi connectivity index (χ4n) is 3.66. The van der Waals surface area contributed by atoms with Crippen molar-refractivity contribution in [3.05, 3.63) is 48.0 Å². The molecule has 0 aliphatic carbocycles. The van der Waals surface area contributed by atoms with Crippen LogP contribution in [0.5, 0.6) is 0 Å². The molecule has 0 radical (unpaired) electrons. The fraction of sp³-hybridized carbons (Fsp3) is 0.391. The van der Waals surface area contributed by atoms with Crippen molar-refractivity contribution < 1.29 is 9.31 Å². The minimum absolute atomic E-state index is 0.197. The lowest BCUT2D eigenvalue weighted by atomic mass is 9.78. The molecule has 1 aliphatic heterocycles. The van der Waals surface area contributed by atoms with Crippen LogP contribution in [0.4, 0.5) is 0 Å². The summed E-state index contributed by atoms with van der Waals surface area (Å²) in [5.74, 6) is 0. The summed E-state index contributed by atoms with van der Waals surface area (Å²) in [6.45, 7) is 12.4. The van der Waals surface area contributed by atoms with Gasteiger partial charge >= 0.3 is 7.12 Å². The van der Waals surface area contributed by atoms with Gasteiger partial charge in [0.15, 0.2) is 0 Å². The first-order valence-corrected chi connectivity index (χ1v) is 10.0. The maximum absolute atomic E-state index is 9.59. The zero-order valence-electron chi connectivity index (χ0n) is 17.9. The first-order valence-electron chi connectivity index (χ1n) is 10.0. The van der Waals surface area contributed by atoms with E-state index in [-0.39, 0.29) is 6.04 Å². The summed E-state index contributed by atoms with van der Waals surface area (Å²) in [6.07, 6.45) is 0. The van der Waals surface area contributed by atoms with Crippen LogP contribution in [0.2, 0.25) is 0 Å². The van der Waals surface area contributed by atoms with E-state index in [1.165, 1.54) is 0 Å². The van der Waals surface area contributed by atoms with E-state index in [0.29, 0.717) is 5.56 Å². The molecule has 0 amide bonds. The Labute approximate surface area is 172 Å². The van der Waals surface area contributed by atoms with Gasteiger partial charge in [0, 0.05) is 17.0 Å². The number of aromatic nitrogens is 2.